The van der Waals surface area contributed by atoms with Crippen LogP contribution in [-0.2, 0) is 6.54 Å². The number of fused-ring (bicyclic) bond motifs is 1. The number of primary amides is 1. The topological polar surface area (TPSA) is 104 Å². The summed E-state index contributed by atoms with van der Waals surface area (Å²) in [5, 5.41) is 13.5. The van der Waals surface area contributed by atoms with Crippen LogP contribution in [0.4, 0.5) is 0 Å². The van der Waals surface area contributed by atoms with Crippen LogP contribution >= 0.6 is 0 Å². The molecule has 0 unspecified atom stereocenters. The summed E-state index contributed by atoms with van der Waals surface area (Å²) in [4.78, 5) is 20.7. The summed E-state index contributed by atoms with van der Waals surface area (Å²) in [6.45, 7) is 4.16. The van der Waals surface area contributed by atoms with E-state index < -0.39 is 5.91 Å². The molecule has 2 aromatic heterocycles. The molecule has 4 aromatic rings. The minimum atomic E-state index is -0.578. The lowest BCUT2D eigenvalue weighted by Gasteiger charge is -2.31. The van der Waals surface area contributed by atoms with Crippen molar-refractivity contribution in [2.75, 3.05) is 26.2 Å². The highest BCUT2D eigenvalue weighted by atomic mass is 16.1. The molecule has 0 radical (unpaired) electrons. The number of nitrogens with zero attached hydrogens (tertiary/aromatic N) is 6. The van der Waals surface area contributed by atoms with Crippen molar-refractivity contribution < 1.29 is 4.79 Å². The summed E-state index contributed by atoms with van der Waals surface area (Å²) < 4.78 is 1.69. The summed E-state index contributed by atoms with van der Waals surface area (Å²) in [6.07, 6.45) is 2.22. The Morgan fingerprint density at radius 1 is 0.939 bits per heavy atom. The van der Waals surface area contributed by atoms with E-state index in [0.717, 1.165) is 55.2 Å². The minimum absolute atomic E-state index is 0.190. The van der Waals surface area contributed by atoms with Gasteiger partial charge in [0.1, 0.15) is 11.4 Å². The van der Waals surface area contributed by atoms with Crippen LogP contribution in [-0.4, -0.2) is 56.5 Å². The molecule has 164 valence electrons. The molecule has 0 spiro atoms. The van der Waals surface area contributed by atoms with Gasteiger partial charge in [-0.2, -0.15) is 10.4 Å². The first-order valence-corrected chi connectivity index (χ1v) is 10.8. The van der Waals surface area contributed by atoms with E-state index in [1.165, 1.54) is 5.56 Å². The number of piperazine rings is 1. The van der Waals surface area contributed by atoms with Crippen LogP contribution in [0.15, 0.2) is 66.7 Å². The molecular weight excluding hydrogens is 414 g/mol. The summed E-state index contributed by atoms with van der Waals surface area (Å²) in [7, 11) is 0. The van der Waals surface area contributed by atoms with Gasteiger partial charge in [-0.25, -0.2) is 9.50 Å². The number of nitrogens with two attached hydrogens (primary N) is 1. The van der Waals surface area contributed by atoms with Gasteiger partial charge in [-0.15, -0.1) is 0 Å². The van der Waals surface area contributed by atoms with Gasteiger partial charge in [0.25, 0.3) is 5.91 Å². The normalized spacial score (nSPS) is 14.3. The fourth-order valence-corrected chi connectivity index (χ4v) is 4.15. The van der Waals surface area contributed by atoms with E-state index in [-0.39, 0.29) is 5.69 Å². The summed E-state index contributed by atoms with van der Waals surface area (Å²) in [5.74, 6) is -0.578. The average Bonchev–Trinajstić information content (AvgIpc) is 3.24. The molecule has 33 heavy (non-hydrogen) atoms. The monoisotopic (exact) mass is 437 g/mol. The van der Waals surface area contributed by atoms with Gasteiger partial charge >= 0.3 is 0 Å². The molecule has 5 rings (SSSR count). The summed E-state index contributed by atoms with van der Waals surface area (Å²) in [5.41, 5.74) is 11.0. The first-order chi connectivity index (χ1) is 16.1. The molecule has 1 saturated heterocycles. The number of hydrogen-bond acceptors (Lipinski definition) is 6. The molecular formula is C25H23N7O. The van der Waals surface area contributed by atoms with Crippen LogP contribution in [0.3, 0.4) is 0 Å². The predicted octanol–water partition coefficient (Wildman–Crippen LogP) is 2.76. The summed E-state index contributed by atoms with van der Waals surface area (Å²) >= 11 is 0. The van der Waals surface area contributed by atoms with E-state index in [0.29, 0.717) is 5.65 Å². The van der Waals surface area contributed by atoms with E-state index in [1.807, 2.05) is 30.3 Å². The van der Waals surface area contributed by atoms with E-state index in [2.05, 4.69) is 40.5 Å². The Morgan fingerprint density at radius 3 is 2.33 bits per heavy atom. The van der Waals surface area contributed by atoms with Crippen LogP contribution in [0.2, 0.25) is 0 Å². The Balaban J connectivity index is 1.49. The highest BCUT2D eigenvalue weighted by Gasteiger charge is 2.19. The molecule has 8 nitrogen and oxygen atoms in total. The zero-order valence-electron chi connectivity index (χ0n) is 18.1. The van der Waals surface area contributed by atoms with Gasteiger partial charge in [0.15, 0.2) is 11.8 Å². The smallest absolute Gasteiger partial charge is 0.269 e. The SMILES string of the molecule is N#CN1CCN(Cc2ccc(-c3nc4ccc(C(N)=O)nn4c3-c3ccccc3)cc2)CC1. The second-order valence-electron chi connectivity index (χ2n) is 8.09. The van der Waals surface area contributed by atoms with Gasteiger partial charge in [0.2, 0.25) is 0 Å². The average molecular weight is 438 g/mol. The Labute approximate surface area is 191 Å². The van der Waals surface area contributed by atoms with Crippen molar-refractivity contribution in [3.63, 3.8) is 0 Å². The third-order valence-electron chi connectivity index (χ3n) is 5.92. The van der Waals surface area contributed by atoms with Crippen LogP contribution in [0.5, 0.6) is 0 Å². The number of nitriles is 1. The Morgan fingerprint density at radius 2 is 1.67 bits per heavy atom. The maximum absolute atomic E-state index is 11.7. The maximum Gasteiger partial charge on any atom is 0.269 e. The van der Waals surface area contributed by atoms with Gasteiger partial charge in [0, 0.05) is 43.9 Å². The van der Waals surface area contributed by atoms with Gasteiger partial charge < -0.3 is 10.6 Å². The molecule has 1 amide bonds. The fourth-order valence-electron chi connectivity index (χ4n) is 4.15. The lowest BCUT2D eigenvalue weighted by molar-refractivity contribution is 0.0994. The van der Waals surface area contributed by atoms with E-state index in [9.17, 15) is 4.79 Å². The molecule has 0 bridgehead atoms. The molecule has 2 N–H and O–H groups in total. The van der Waals surface area contributed by atoms with E-state index in [4.69, 9.17) is 16.0 Å². The lowest BCUT2D eigenvalue weighted by atomic mass is 10.0. The maximum atomic E-state index is 11.7. The molecule has 8 heteroatoms. The van der Waals surface area contributed by atoms with Crippen molar-refractivity contribution in [2.45, 2.75) is 6.54 Å². The number of imidazole rings is 1. The number of carbonyl (C=O) groups excluding carboxylic acids is 1. The molecule has 1 aliphatic rings. The van der Waals surface area contributed by atoms with Crippen molar-refractivity contribution in [1.82, 2.24) is 24.4 Å². The Bertz CT molecular complexity index is 1330. The van der Waals surface area contributed by atoms with Gasteiger partial charge in [-0.05, 0) is 17.7 Å². The number of amides is 1. The number of benzene rings is 2. The standard InChI is InChI=1S/C25H23N7O/c26-17-31-14-12-30(13-15-31)16-18-6-8-19(9-7-18)23-24(20-4-2-1-3-5-20)32-22(28-23)11-10-21(29-32)25(27)33/h1-11H,12-16H2,(H2,27,33). The van der Waals surface area contributed by atoms with Crippen molar-refractivity contribution in [1.29, 1.82) is 5.26 Å². The molecule has 3 heterocycles. The third kappa shape index (κ3) is 4.14. The van der Waals surface area contributed by atoms with E-state index >= 15 is 0 Å². The quantitative estimate of drug-likeness (QED) is 0.482. The fraction of sp³-hybridized carbons (Fsp3) is 0.200. The predicted molar refractivity (Wildman–Crippen MR) is 125 cm³/mol. The zero-order chi connectivity index (χ0) is 22.8. The molecule has 1 fully saturated rings. The highest BCUT2D eigenvalue weighted by Crippen LogP contribution is 2.32. The van der Waals surface area contributed by atoms with E-state index in [1.54, 1.807) is 21.5 Å². The first-order valence-electron chi connectivity index (χ1n) is 10.8. The minimum Gasteiger partial charge on any atom is -0.364 e. The van der Waals surface area contributed by atoms with Gasteiger partial charge in [-0.3, -0.25) is 9.69 Å². The van der Waals surface area contributed by atoms with Crippen LogP contribution in [0.1, 0.15) is 16.1 Å². The second kappa shape index (κ2) is 8.73. The van der Waals surface area contributed by atoms with Crippen molar-refractivity contribution in [2.24, 2.45) is 5.73 Å². The number of carbonyl (C=O) groups is 1. The highest BCUT2D eigenvalue weighted by molar-refractivity contribution is 5.91. The molecule has 0 saturated carbocycles. The number of rotatable bonds is 5. The Hall–Kier alpha value is -4.22. The second-order valence-corrected chi connectivity index (χ2v) is 8.09. The Kier molecular flexibility index (Phi) is 5.47. The molecule has 2 aromatic carbocycles. The number of hydrogen-bond donors (Lipinski definition) is 1. The van der Waals surface area contributed by atoms with Crippen LogP contribution < -0.4 is 5.73 Å². The first kappa shape index (κ1) is 20.7. The zero-order valence-corrected chi connectivity index (χ0v) is 18.1. The van der Waals surface area contributed by atoms with Gasteiger partial charge in [-0.1, -0.05) is 54.6 Å². The van der Waals surface area contributed by atoms with Crippen LogP contribution in [0, 0.1) is 11.5 Å². The lowest BCUT2D eigenvalue weighted by Crippen LogP contribution is -2.43. The van der Waals surface area contributed by atoms with Crippen molar-refractivity contribution in [3.8, 4) is 28.7 Å². The number of aromatic nitrogens is 3. The van der Waals surface area contributed by atoms with Gasteiger partial charge in [0.05, 0.1) is 5.69 Å². The molecule has 1 aliphatic heterocycles. The largest absolute Gasteiger partial charge is 0.364 e. The summed E-state index contributed by atoms with van der Waals surface area (Å²) in [6, 6.07) is 21.6. The third-order valence-corrected chi connectivity index (χ3v) is 5.92. The molecule has 0 aliphatic carbocycles. The molecule has 0 atom stereocenters. The van der Waals surface area contributed by atoms with Crippen molar-refractivity contribution in [3.05, 3.63) is 78.0 Å². The van der Waals surface area contributed by atoms with Crippen molar-refractivity contribution >= 4 is 11.6 Å². The van der Waals surface area contributed by atoms with Crippen LogP contribution in [0.25, 0.3) is 28.2 Å².